The Morgan fingerprint density at radius 1 is 1.48 bits per heavy atom. The van der Waals surface area contributed by atoms with Crippen LogP contribution < -0.4 is 5.32 Å². The van der Waals surface area contributed by atoms with Crippen LogP contribution in [0.3, 0.4) is 0 Å². The fourth-order valence-corrected chi connectivity index (χ4v) is 3.40. The number of hydrogen-bond donors (Lipinski definition) is 1. The van der Waals surface area contributed by atoms with Crippen LogP contribution in [0.1, 0.15) is 10.6 Å². The molecule has 0 saturated heterocycles. The molecule has 0 spiro atoms. The summed E-state index contributed by atoms with van der Waals surface area (Å²) in [6.45, 7) is 2.94. The van der Waals surface area contributed by atoms with Crippen LogP contribution in [0, 0.1) is 0 Å². The molecule has 1 N–H and O–H groups in total. The summed E-state index contributed by atoms with van der Waals surface area (Å²) in [6.07, 6.45) is 3.87. The van der Waals surface area contributed by atoms with Gasteiger partial charge in [-0.15, -0.1) is 16.4 Å². The van der Waals surface area contributed by atoms with Crippen LogP contribution in [0.25, 0.3) is 11.3 Å². The average molecular weight is 330 g/mol. The second-order valence-corrected chi connectivity index (χ2v) is 6.65. The van der Waals surface area contributed by atoms with Crippen LogP contribution in [0.2, 0.25) is 0 Å². The number of aryl methyl sites for hydroxylation is 1. The van der Waals surface area contributed by atoms with E-state index in [-0.39, 0.29) is 6.10 Å². The van der Waals surface area contributed by atoms with E-state index in [9.17, 15) is 0 Å². The van der Waals surface area contributed by atoms with Gasteiger partial charge in [0.25, 0.3) is 0 Å². The zero-order chi connectivity index (χ0) is 15.6. The summed E-state index contributed by atoms with van der Waals surface area (Å²) in [5.41, 5.74) is 2.86. The van der Waals surface area contributed by atoms with E-state index in [0.717, 1.165) is 36.6 Å². The van der Waals surface area contributed by atoms with Gasteiger partial charge in [0.05, 0.1) is 31.1 Å². The van der Waals surface area contributed by atoms with E-state index in [0.29, 0.717) is 6.61 Å². The molecule has 3 aromatic heterocycles. The molecule has 0 aliphatic carbocycles. The molecule has 7 nitrogen and oxygen atoms in total. The summed E-state index contributed by atoms with van der Waals surface area (Å²) in [5.74, 6) is 0. The standard InChI is InChI=1S/C15H18N6OS/c1-20-8-11(5-17-20)15-14-10-22-12(9-21(14)19-18-15)6-16-7-13-3-2-4-23-13/h2-5,8,12,16H,6-7,9-10H2,1H3. The minimum absolute atomic E-state index is 0.117. The Bertz CT molecular complexity index is 778. The number of hydrogen-bond acceptors (Lipinski definition) is 6. The predicted molar refractivity (Wildman–Crippen MR) is 86.8 cm³/mol. The van der Waals surface area contributed by atoms with Gasteiger partial charge in [-0.25, -0.2) is 4.68 Å². The van der Waals surface area contributed by atoms with E-state index < -0.39 is 0 Å². The summed E-state index contributed by atoms with van der Waals surface area (Å²) >= 11 is 1.76. The molecule has 4 heterocycles. The van der Waals surface area contributed by atoms with E-state index in [1.54, 1.807) is 22.2 Å². The van der Waals surface area contributed by atoms with Crippen molar-refractivity contribution in [1.82, 2.24) is 30.1 Å². The summed E-state index contributed by atoms with van der Waals surface area (Å²) in [5, 5.41) is 18.3. The molecular formula is C15H18N6OS. The molecule has 23 heavy (non-hydrogen) atoms. The minimum Gasteiger partial charge on any atom is -0.369 e. The maximum absolute atomic E-state index is 5.96. The third-order valence-corrected chi connectivity index (χ3v) is 4.78. The molecule has 1 atom stereocenters. The number of rotatable bonds is 5. The van der Waals surface area contributed by atoms with Crippen LogP contribution in [-0.2, 0) is 31.5 Å². The van der Waals surface area contributed by atoms with Crippen LogP contribution in [-0.4, -0.2) is 37.4 Å². The fraction of sp³-hybridized carbons (Fsp3) is 0.400. The molecule has 3 aromatic rings. The van der Waals surface area contributed by atoms with E-state index in [2.05, 4.69) is 38.2 Å². The van der Waals surface area contributed by atoms with Gasteiger partial charge in [-0.05, 0) is 11.4 Å². The van der Waals surface area contributed by atoms with Crippen LogP contribution in [0.4, 0.5) is 0 Å². The van der Waals surface area contributed by atoms with Crippen molar-refractivity contribution in [2.75, 3.05) is 6.54 Å². The molecular weight excluding hydrogens is 312 g/mol. The van der Waals surface area contributed by atoms with Crippen molar-refractivity contribution in [2.45, 2.75) is 25.8 Å². The monoisotopic (exact) mass is 330 g/mol. The third kappa shape index (κ3) is 3.05. The van der Waals surface area contributed by atoms with Gasteiger partial charge in [0, 0.05) is 36.8 Å². The second-order valence-electron chi connectivity index (χ2n) is 5.61. The first-order chi connectivity index (χ1) is 11.3. The number of aromatic nitrogens is 5. The van der Waals surface area contributed by atoms with Gasteiger partial charge >= 0.3 is 0 Å². The van der Waals surface area contributed by atoms with Crippen molar-refractivity contribution >= 4 is 11.3 Å². The minimum atomic E-state index is 0.117. The lowest BCUT2D eigenvalue weighted by molar-refractivity contribution is 0.00128. The molecule has 1 aliphatic rings. The van der Waals surface area contributed by atoms with Gasteiger partial charge < -0.3 is 10.1 Å². The van der Waals surface area contributed by atoms with E-state index in [4.69, 9.17) is 4.74 Å². The number of nitrogens with zero attached hydrogens (tertiary/aromatic N) is 5. The molecule has 0 radical (unpaired) electrons. The normalized spacial score (nSPS) is 17.3. The van der Waals surface area contributed by atoms with Gasteiger partial charge in [0.2, 0.25) is 0 Å². The van der Waals surface area contributed by atoms with Gasteiger partial charge in [-0.3, -0.25) is 4.68 Å². The SMILES string of the molecule is Cn1cc(-c2nnn3c2COC(CNCc2cccs2)C3)cn1. The van der Waals surface area contributed by atoms with Gasteiger partial charge in [0.1, 0.15) is 5.69 Å². The topological polar surface area (TPSA) is 69.8 Å². The Morgan fingerprint density at radius 3 is 3.22 bits per heavy atom. The first-order valence-corrected chi connectivity index (χ1v) is 8.43. The molecule has 0 aromatic carbocycles. The Morgan fingerprint density at radius 2 is 2.43 bits per heavy atom. The molecule has 4 rings (SSSR count). The molecule has 1 unspecified atom stereocenters. The van der Waals surface area contributed by atoms with E-state index >= 15 is 0 Å². The smallest absolute Gasteiger partial charge is 0.121 e. The van der Waals surface area contributed by atoms with E-state index in [1.165, 1.54) is 4.88 Å². The van der Waals surface area contributed by atoms with Gasteiger partial charge in [0.15, 0.2) is 0 Å². The lowest BCUT2D eigenvalue weighted by Gasteiger charge is -2.24. The summed E-state index contributed by atoms with van der Waals surface area (Å²) in [4.78, 5) is 1.33. The highest BCUT2D eigenvalue weighted by molar-refractivity contribution is 7.09. The first-order valence-electron chi connectivity index (χ1n) is 7.55. The Hall–Kier alpha value is -2.03. The molecule has 8 heteroatoms. The lowest BCUT2D eigenvalue weighted by Crippen LogP contribution is -2.36. The quantitative estimate of drug-likeness (QED) is 0.766. The largest absolute Gasteiger partial charge is 0.369 e. The maximum Gasteiger partial charge on any atom is 0.121 e. The average Bonchev–Trinajstić information content (AvgIpc) is 3.27. The van der Waals surface area contributed by atoms with Crippen molar-refractivity contribution in [3.63, 3.8) is 0 Å². The summed E-state index contributed by atoms with van der Waals surface area (Å²) in [6, 6.07) is 4.20. The van der Waals surface area contributed by atoms with Crippen LogP contribution in [0.15, 0.2) is 29.9 Å². The summed E-state index contributed by atoms with van der Waals surface area (Å²) in [7, 11) is 1.89. The van der Waals surface area contributed by atoms with Crippen molar-refractivity contribution < 1.29 is 4.74 Å². The Balaban J connectivity index is 1.39. The fourth-order valence-electron chi connectivity index (χ4n) is 2.73. The predicted octanol–water partition coefficient (Wildman–Crippen LogP) is 1.43. The summed E-state index contributed by atoms with van der Waals surface area (Å²) < 4.78 is 9.68. The van der Waals surface area contributed by atoms with Crippen molar-refractivity contribution in [3.8, 4) is 11.3 Å². The Kier molecular flexibility index (Phi) is 3.94. The highest BCUT2D eigenvalue weighted by atomic mass is 32.1. The zero-order valence-corrected chi connectivity index (χ0v) is 13.7. The van der Waals surface area contributed by atoms with Gasteiger partial charge in [-0.1, -0.05) is 11.3 Å². The highest BCUT2D eigenvalue weighted by Crippen LogP contribution is 2.24. The maximum atomic E-state index is 5.96. The highest BCUT2D eigenvalue weighted by Gasteiger charge is 2.24. The molecule has 0 amide bonds. The number of ether oxygens (including phenoxy) is 1. The lowest BCUT2D eigenvalue weighted by atomic mass is 10.2. The molecule has 0 bridgehead atoms. The van der Waals surface area contributed by atoms with E-state index in [1.807, 2.05) is 17.9 Å². The van der Waals surface area contributed by atoms with Crippen LogP contribution >= 0.6 is 11.3 Å². The molecule has 0 fully saturated rings. The second kappa shape index (κ2) is 6.23. The number of nitrogens with one attached hydrogen (secondary N) is 1. The van der Waals surface area contributed by atoms with Crippen molar-refractivity contribution in [1.29, 1.82) is 0 Å². The Labute approximate surface area is 137 Å². The zero-order valence-electron chi connectivity index (χ0n) is 12.8. The van der Waals surface area contributed by atoms with Gasteiger partial charge in [-0.2, -0.15) is 5.10 Å². The molecule has 1 aliphatic heterocycles. The first kappa shape index (κ1) is 14.6. The number of thiophene rings is 1. The molecule has 0 saturated carbocycles. The third-order valence-electron chi connectivity index (χ3n) is 3.90. The van der Waals surface area contributed by atoms with Crippen LogP contribution in [0.5, 0.6) is 0 Å². The number of fused-ring (bicyclic) bond motifs is 1. The van der Waals surface area contributed by atoms with Crippen molar-refractivity contribution in [2.24, 2.45) is 7.05 Å². The van der Waals surface area contributed by atoms with Crippen molar-refractivity contribution in [3.05, 3.63) is 40.5 Å². The molecule has 120 valence electrons.